The van der Waals surface area contributed by atoms with Crippen molar-refractivity contribution in [3.63, 3.8) is 0 Å². The largest absolute Gasteiger partial charge is 0.393 e. The fourth-order valence-electron chi connectivity index (χ4n) is 5.77. The number of rotatable bonds is 11. The summed E-state index contributed by atoms with van der Waals surface area (Å²) >= 11 is 1.77. The minimum Gasteiger partial charge on any atom is -0.393 e. The molecule has 0 unspecified atom stereocenters. The van der Waals surface area contributed by atoms with E-state index in [1.54, 1.807) is 16.2 Å². The number of amides is 2. The molecule has 230 valence electrons. The van der Waals surface area contributed by atoms with E-state index in [4.69, 9.17) is 5.73 Å². The summed E-state index contributed by atoms with van der Waals surface area (Å²) in [5.41, 5.74) is 10.6. The van der Waals surface area contributed by atoms with E-state index in [1.165, 1.54) is 9.75 Å². The third-order valence-electron chi connectivity index (χ3n) is 8.70. The van der Waals surface area contributed by atoms with Crippen LogP contribution in [-0.4, -0.2) is 59.1 Å². The van der Waals surface area contributed by atoms with Crippen molar-refractivity contribution in [1.82, 2.24) is 15.5 Å². The van der Waals surface area contributed by atoms with Crippen LogP contribution in [-0.2, 0) is 11.3 Å². The predicted octanol–water partition coefficient (Wildman–Crippen LogP) is 4.82. The van der Waals surface area contributed by atoms with Gasteiger partial charge in [-0.3, -0.25) is 9.59 Å². The van der Waals surface area contributed by atoms with Gasteiger partial charge in [-0.15, -0.1) is 11.3 Å². The number of carbonyl (C=O) groups is 2. The number of aliphatic hydroxyl groups excluding tert-OH is 1. The number of likely N-dealkylation sites (tertiary alicyclic amines) is 1. The van der Waals surface area contributed by atoms with Crippen molar-refractivity contribution < 1.29 is 14.7 Å². The van der Waals surface area contributed by atoms with Gasteiger partial charge < -0.3 is 31.7 Å². The first kappa shape index (κ1) is 31.2. The maximum atomic E-state index is 13.4. The molecule has 1 aliphatic heterocycles. The van der Waals surface area contributed by atoms with E-state index in [0.717, 1.165) is 48.2 Å². The van der Waals surface area contributed by atoms with Gasteiger partial charge in [-0.05, 0) is 86.1 Å². The lowest BCUT2D eigenvalue weighted by Gasteiger charge is -2.41. The first-order valence-electron chi connectivity index (χ1n) is 15.4. The molecule has 5 rings (SSSR count). The monoisotopic (exact) mass is 603 g/mol. The van der Waals surface area contributed by atoms with Gasteiger partial charge in [-0.25, -0.2) is 0 Å². The molecule has 43 heavy (non-hydrogen) atoms. The van der Waals surface area contributed by atoms with E-state index in [1.807, 2.05) is 52.0 Å². The predicted molar refractivity (Wildman–Crippen MR) is 174 cm³/mol. The van der Waals surface area contributed by atoms with Crippen LogP contribution in [0.5, 0.6) is 0 Å². The average Bonchev–Trinajstić information content (AvgIpc) is 3.62. The zero-order valence-electron chi connectivity index (χ0n) is 25.6. The minimum absolute atomic E-state index is 0.00699. The van der Waals surface area contributed by atoms with Gasteiger partial charge in [-0.1, -0.05) is 38.1 Å². The van der Waals surface area contributed by atoms with Crippen molar-refractivity contribution in [1.29, 1.82) is 0 Å². The number of nitrogens with zero attached hydrogens (tertiary/aromatic N) is 1. The number of aryl methyl sites for hydroxylation is 1. The molecule has 2 fully saturated rings. The lowest BCUT2D eigenvalue weighted by atomic mass is 10.00. The van der Waals surface area contributed by atoms with Gasteiger partial charge in [-0.2, -0.15) is 0 Å². The zero-order chi connectivity index (χ0) is 30.7. The van der Waals surface area contributed by atoms with Crippen LogP contribution in [0, 0.1) is 12.8 Å². The van der Waals surface area contributed by atoms with Gasteiger partial charge in [0.25, 0.3) is 5.91 Å². The highest BCUT2D eigenvalue weighted by Crippen LogP contribution is 2.31. The Morgan fingerprint density at radius 2 is 1.84 bits per heavy atom. The second-order valence-electron chi connectivity index (χ2n) is 12.5. The lowest BCUT2D eigenvalue weighted by Crippen LogP contribution is -2.61. The molecular weight excluding hydrogens is 558 g/mol. The number of thiophene rings is 1. The summed E-state index contributed by atoms with van der Waals surface area (Å²) in [7, 11) is 0. The van der Waals surface area contributed by atoms with Crippen molar-refractivity contribution in [3.8, 4) is 10.4 Å². The number of hydrogen-bond acceptors (Lipinski definition) is 7. The Morgan fingerprint density at radius 3 is 2.56 bits per heavy atom. The van der Waals surface area contributed by atoms with E-state index < -0.39 is 6.04 Å². The molecule has 4 atom stereocenters. The second kappa shape index (κ2) is 13.6. The molecule has 1 saturated carbocycles. The fourth-order valence-corrected chi connectivity index (χ4v) is 6.73. The summed E-state index contributed by atoms with van der Waals surface area (Å²) in [5, 5.41) is 20.0. The van der Waals surface area contributed by atoms with Gasteiger partial charge in [0.1, 0.15) is 0 Å². The summed E-state index contributed by atoms with van der Waals surface area (Å²) in [5.74, 6) is -0.0155. The smallest absolute Gasteiger partial charge is 0.252 e. The molecule has 2 aromatic carbocycles. The average molecular weight is 604 g/mol. The van der Waals surface area contributed by atoms with Crippen LogP contribution in [0.2, 0.25) is 0 Å². The number of aliphatic hydroxyl groups is 1. The molecule has 8 nitrogen and oxygen atoms in total. The molecular formula is C34H45N5O3S. The Hall–Kier alpha value is -3.24. The normalized spacial score (nSPS) is 20.1. The molecule has 2 heterocycles. The van der Waals surface area contributed by atoms with Crippen LogP contribution in [0.4, 0.5) is 5.69 Å². The summed E-state index contributed by atoms with van der Waals surface area (Å²) < 4.78 is 0. The van der Waals surface area contributed by atoms with Crippen LogP contribution in [0.3, 0.4) is 0 Å². The molecule has 2 aliphatic rings. The maximum Gasteiger partial charge on any atom is 0.252 e. The number of benzene rings is 2. The number of hydrogen-bond donors (Lipinski definition) is 5. The minimum atomic E-state index is -0.471. The Labute approximate surface area is 259 Å². The zero-order valence-corrected chi connectivity index (χ0v) is 26.4. The van der Waals surface area contributed by atoms with Crippen molar-refractivity contribution in [2.75, 3.05) is 18.4 Å². The number of carbonyl (C=O) groups excluding carboxylic acids is 2. The molecule has 3 aromatic rings. The Morgan fingerprint density at radius 1 is 1.05 bits per heavy atom. The van der Waals surface area contributed by atoms with Crippen LogP contribution >= 0.6 is 11.3 Å². The van der Waals surface area contributed by atoms with Crippen LogP contribution in [0.15, 0.2) is 54.6 Å². The third kappa shape index (κ3) is 7.65. The van der Waals surface area contributed by atoms with Crippen LogP contribution in [0.25, 0.3) is 10.4 Å². The number of anilines is 1. The van der Waals surface area contributed by atoms with Crippen LogP contribution < -0.4 is 21.7 Å². The summed E-state index contributed by atoms with van der Waals surface area (Å²) in [4.78, 5) is 30.1. The highest BCUT2D eigenvalue weighted by Gasteiger charge is 2.34. The molecule has 1 saturated heterocycles. The van der Waals surface area contributed by atoms with Crippen molar-refractivity contribution in [2.45, 2.75) is 83.8 Å². The second-order valence-corrected chi connectivity index (χ2v) is 13.7. The van der Waals surface area contributed by atoms with Crippen molar-refractivity contribution >= 4 is 28.8 Å². The SMILES string of the molecule is Cc1ccc(NC2CN(C(=O)[C@@H](N)C(C)C)C2)cc1C(=O)N[C@H](C)c1cccc(-c2ccc(CN[C@H]3CC[C@@H](O)C3)s2)c1. The van der Waals surface area contributed by atoms with Gasteiger partial charge >= 0.3 is 0 Å². The van der Waals surface area contributed by atoms with E-state index >= 15 is 0 Å². The first-order valence-corrected chi connectivity index (χ1v) is 16.2. The van der Waals surface area contributed by atoms with Gasteiger partial charge in [0.2, 0.25) is 5.91 Å². The highest BCUT2D eigenvalue weighted by molar-refractivity contribution is 7.15. The standard InChI is InChI=1S/C34H45N5O3S/c1-20(2)32(35)34(42)39-18-27(19-39)38-26-9-8-21(3)30(16-26)33(41)37-22(4)23-6-5-7-24(14-23)31-13-12-29(43-31)17-36-25-10-11-28(40)15-25/h5-9,12-14,16,20,22,25,27-28,32,36,38,40H,10-11,15,17-19,35H2,1-4H3,(H,37,41)/t22-,25+,28-,32+/m1/s1. The Balaban J connectivity index is 1.17. The summed E-state index contributed by atoms with van der Waals surface area (Å²) in [6.07, 6.45) is 2.58. The quantitative estimate of drug-likeness (QED) is 0.214. The maximum absolute atomic E-state index is 13.4. The third-order valence-corrected chi connectivity index (χ3v) is 9.83. The molecule has 6 N–H and O–H groups in total. The molecule has 1 aromatic heterocycles. The molecule has 1 aliphatic carbocycles. The Kier molecular flexibility index (Phi) is 9.86. The highest BCUT2D eigenvalue weighted by atomic mass is 32.1. The summed E-state index contributed by atoms with van der Waals surface area (Å²) in [6.45, 7) is 9.89. The number of nitrogens with one attached hydrogen (secondary N) is 3. The van der Waals surface area contributed by atoms with E-state index in [0.29, 0.717) is 24.7 Å². The van der Waals surface area contributed by atoms with Crippen molar-refractivity contribution in [2.24, 2.45) is 11.7 Å². The molecule has 9 heteroatoms. The van der Waals surface area contributed by atoms with Crippen molar-refractivity contribution in [3.05, 3.63) is 76.2 Å². The van der Waals surface area contributed by atoms with Gasteiger partial charge in [0.15, 0.2) is 0 Å². The van der Waals surface area contributed by atoms with Crippen LogP contribution in [0.1, 0.15) is 72.4 Å². The van der Waals surface area contributed by atoms with Gasteiger partial charge in [0.05, 0.1) is 24.2 Å². The Bertz CT molecular complexity index is 1430. The van der Waals surface area contributed by atoms with E-state index in [2.05, 4.69) is 46.3 Å². The van der Waals surface area contributed by atoms with E-state index in [9.17, 15) is 14.7 Å². The van der Waals surface area contributed by atoms with E-state index in [-0.39, 0.29) is 35.9 Å². The molecule has 2 amide bonds. The molecule has 0 radical (unpaired) electrons. The fraction of sp³-hybridized carbons (Fsp3) is 0.471. The lowest BCUT2D eigenvalue weighted by molar-refractivity contribution is -0.137. The van der Waals surface area contributed by atoms with Gasteiger partial charge in [0, 0.05) is 46.7 Å². The topological polar surface area (TPSA) is 120 Å². The number of nitrogens with two attached hydrogens (primary N) is 1. The first-order chi connectivity index (χ1) is 20.6. The summed E-state index contributed by atoms with van der Waals surface area (Å²) in [6, 6.07) is 18.4. The molecule has 0 bridgehead atoms. The molecule has 0 spiro atoms.